The van der Waals surface area contributed by atoms with Crippen molar-refractivity contribution in [2.75, 3.05) is 0 Å². The molecule has 0 aromatic rings. The predicted molar refractivity (Wildman–Crippen MR) is 58.8 cm³/mol. The number of carbonyl (C=O) groups excluding carboxylic acids is 2. The van der Waals surface area contributed by atoms with Gasteiger partial charge in [0.15, 0.2) is 0 Å². The Kier molecular flexibility index (Phi) is 5.62. The number of hydrogen-bond acceptors (Lipinski definition) is 3. The minimum Gasteiger partial charge on any atom is -0.343 e. The van der Waals surface area contributed by atoms with Crippen LogP contribution in [0.1, 0.15) is 27.2 Å². The standard InChI is InChI=1S/C10H19N3O2/c1-5-6(2)12-10(15)8(4)13-9(14)7(3)11/h7-8H,2,5,11H2,1,3-4H3,(H,12,15)(H,13,14)/t7-,8-/m0/s1. The summed E-state index contributed by atoms with van der Waals surface area (Å²) in [6, 6.07) is -1.22. The van der Waals surface area contributed by atoms with Crippen LogP contribution in [0.25, 0.3) is 0 Å². The van der Waals surface area contributed by atoms with E-state index in [-0.39, 0.29) is 11.8 Å². The largest absolute Gasteiger partial charge is 0.343 e. The van der Waals surface area contributed by atoms with Gasteiger partial charge in [-0.3, -0.25) is 9.59 Å². The van der Waals surface area contributed by atoms with Crippen molar-refractivity contribution in [3.63, 3.8) is 0 Å². The van der Waals surface area contributed by atoms with Gasteiger partial charge in [0, 0.05) is 5.70 Å². The highest BCUT2D eigenvalue weighted by molar-refractivity contribution is 5.89. The monoisotopic (exact) mass is 213 g/mol. The summed E-state index contributed by atoms with van der Waals surface area (Å²) in [5.74, 6) is -0.629. The van der Waals surface area contributed by atoms with E-state index >= 15 is 0 Å². The lowest BCUT2D eigenvalue weighted by Gasteiger charge is -2.15. The molecule has 0 fully saturated rings. The van der Waals surface area contributed by atoms with Gasteiger partial charge < -0.3 is 16.4 Å². The minimum atomic E-state index is -0.616. The number of rotatable bonds is 5. The van der Waals surface area contributed by atoms with Crippen LogP contribution in [0.4, 0.5) is 0 Å². The number of amides is 2. The maximum absolute atomic E-state index is 11.4. The third-order valence-corrected chi connectivity index (χ3v) is 1.89. The Morgan fingerprint density at radius 2 is 1.87 bits per heavy atom. The van der Waals surface area contributed by atoms with E-state index in [1.54, 1.807) is 13.8 Å². The molecule has 0 aliphatic rings. The molecule has 86 valence electrons. The number of carbonyl (C=O) groups is 2. The normalized spacial score (nSPS) is 13.9. The fourth-order valence-electron chi connectivity index (χ4n) is 0.781. The highest BCUT2D eigenvalue weighted by Crippen LogP contribution is 1.92. The van der Waals surface area contributed by atoms with Crippen LogP contribution in [0.15, 0.2) is 12.3 Å². The summed E-state index contributed by atoms with van der Waals surface area (Å²) in [7, 11) is 0. The van der Waals surface area contributed by atoms with Crippen molar-refractivity contribution in [1.82, 2.24) is 10.6 Å². The van der Waals surface area contributed by atoms with Crippen LogP contribution in [-0.4, -0.2) is 23.9 Å². The fourth-order valence-corrected chi connectivity index (χ4v) is 0.781. The highest BCUT2D eigenvalue weighted by atomic mass is 16.2. The van der Waals surface area contributed by atoms with Crippen molar-refractivity contribution in [2.45, 2.75) is 39.3 Å². The van der Waals surface area contributed by atoms with Gasteiger partial charge in [-0.2, -0.15) is 0 Å². The van der Waals surface area contributed by atoms with Crippen LogP contribution in [-0.2, 0) is 9.59 Å². The lowest BCUT2D eigenvalue weighted by molar-refractivity contribution is -0.128. The molecule has 0 unspecified atom stereocenters. The summed E-state index contributed by atoms with van der Waals surface area (Å²) in [4.78, 5) is 22.6. The third-order valence-electron chi connectivity index (χ3n) is 1.89. The predicted octanol–water partition coefficient (Wildman–Crippen LogP) is -0.122. The second-order valence-electron chi connectivity index (χ2n) is 3.47. The van der Waals surface area contributed by atoms with Gasteiger partial charge in [-0.1, -0.05) is 13.5 Å². The van der Waals surface area contributed by atoms with Crippen LogP contribution in [0.2, 0.25) is 0 Å². The van der Waals surface area contributed by atoms with Gasteiger partial charge in [-0.15, -0.1) is 0 Å². The zero-order valence-electron chi connectivity index (χ0n) is 9.46. The van der Waals surface area contributed by atoms with Crippen molar-refractivity contribution in [3.05, 3.63) is 12.3 Å². The molecule has 0 spiro atoms. The van der Waals surface area contributed by atoms with Crippen LogP contribution < -0.4 is 16.4 Å². The minimum absolute atomic E-state index is 0.282. The number of allylic oxidation sites excluding steroid dienone is 1. The Labute approximate surface area is 90.1 Å². The quantitative estimate of drug-likeness (QED) is 0.595. The molecule has 0 bridgehead atoms. The van der Waals surface area contributed by atoms with E-state index in [0.29, 0.717) is 12.1 Å². The topological polar surface area (TPSA) is 84.2 Å². The smallest absolute Gasteiger partial charge is 0.246 e. The summed E-state index contributed by atoms with van der Waals surface area (Å²) >= 11 is 0. The first-order valence-corrected chi connectivity index (χ1v) is 4.93. The summed E-state index contributed by atoms with van der Waals surface area (Å²) < 4.78 is 0. The number of nitrogens with one attached hydrogen (secondary N) is 2. The molecule has 0 rings (SSSR count). The zero-order chi connectivity index (χ0) is 12.0. The molecule has 0 radical (unpaired) electrons. The molecule has 5 heteroatoms. The summed E-state index contributed by atoms with van der Waals surface area (Å²) in [6.45, 7) is 8.68. The van der Waals surface area contributed by atoms with Gasteiger partial charge >= 0.3 is 0 Å². The molecule has 2 amide bonds. The van der Waals surface area contributed by atoms with E-state index in [2.05, 4.69) is 17.2 Å². The molecule has 0 saturated heterocycles. The Balaban J connectivity index is 4.10. The van der Waals surface area contributed by atoms with Crippen molar-refractivity contribution < 1.29 is 9.59 Å². The van der Waals surface area contributed by atoms with E-state index in [4.69, 9.17) is 5.73 Å². The molecule has 4 N–H and O–H groups in total. The van der Waals surface area contributed by atoms with Gasteiger partial charge in [-0.25, -0.2) is 0 Å². The second-order valence-corrected chi connectivity index (χ2v) is 3.47. The van der Waals surface area contributed by atoms with E-state index in [0.717, 1.165) is 0 Å². The Morgan fingerprint density at radius 1 is 1.33 bits per heavy atom. The van der Waals surface area contributed by atoms with Gasteiger partial charge in [-0.05, 0) is 20.3 Å². The van der Waals surface area contributed by atoms with Crippen LogP contribution in [0.3, 0.4) is 0 Å². The molecule has 5 nitrogen and oxygen atoms in total. The molecular formula is C10H19N3O2. The average molecular weight is 213 g/mol. The molecular weight excluding hydrogens is 194 g/mol. The summed E-state index contributed by atoms with van der Waals surface area (Å²) in [5.41, 5.74) is 5.98. The molecule has 0 aliphatic heterocycles. The van der Waals surface area contributed by atoms with Crippen molar-refractivity contribution in [2.24, 2.45) is 5.73 Å². The van der Waals surface area contributed by atoms with Gasteiger partial charge in [0.05, 0.1) is 6.04 Å². The van der Waals surface area contributed by atoms with E-state index < -0.39 is 12.1 Å². The Bertz CT molecular complexity index is 261. The number of hydrogen-bond donors (Lipinski definition) is 3. The lowest BCUT2D eigenvalue weighted by Crippen LogP contribution is -2.49. The maximum atomic E-state index is 11.4. The summed E-state index contributed by atoms with van der Waals surface area (Å²) in [6.07, 6.45) is 0.666. The van der Waals surface area contributed by atoms with Crippen LogP contribution >= 0.6 is 0 Å². The van der Waals surface area contributed by atoms with E-state index in [1.807, 2.05) is 6.92 Å². The van der Waals surface area contributed by atoms with Gasteiger partial charge in [0.25, 0.3) is 0 Å². The first kappa shape index (κ1) is 13.6. The Morgan fingerprint density at radius 3 is 2.27 bits per heavy atom. The molecule has 0 aliphatic carbocycles. The average Bonchev–Trinajstić information content (AvgIpc) is 2.16. The van der Waals surface area contributed by atoms with Crippen molar-refractivity contribution in [3.8, 4) is 0 Å². The van der Waals surface area contributed by atoms with Gasteiger partial charge in [0.2, 0.25) is 11.8 Å². The van der Waals surface area contributed by atoms with E-state index in [1.165, 1.54) is 0 Å². The van der Waals surface area contributed by atoms with Crippen LogP contribution in [0, 0.1) is 0 Å². The summed E-state index contributed by atoms with van der Waals surface area (Å²) in [5, 5.41) is 5.08. The third kappa shape index (κ3) is 5.17. The SMILES string of the molecule is C=C(CC)NC(=O)[C@H](C)NC(=O)[C@H](C)N. The second kappa shape index (κ2) is 6.19. The molecule has 2 atom stereocenters. The molecule has 15 heavy (non-hydrogen) atoms. The van der Waals surface area contributed by atoms with Crippen molar-refractivity contribution in [1.29, 1.82) is 0 Å². The first-order valence-electron chi connectivity index (χ1n) is 4.93. The highest BCUT2D eigenvalue weighted by Gasteiger charge is 2.17. The molecule has 0 aromatic carbocycles. The Hall–Kier alpha value is -1.36. The van der Waals surface area contributed by atoms with Gasteiger partial charge in [0.1, 0.15) is 6.04 Å². The zero-order valence-corrected chi connectivity index (χ0v) is 9.46. The van der Waals surface area contributed by atoms with Crippen LogP contribution in [0.5, 0.6) is 0 Å². The lowest BCUT2D eigenvalue weighted by atomic mass is 10.2. The molecule has 0 heterocycles. The van der Waals surface area contributed by atoms with Crippen molar-refractivity contribution >= 4 is 11.8 Å². The fraction of sp³-hybridized carbons (Fsp3) is 0.600. The maximum Gasteiger partial charge on any atom is 0.246 e. The molecule has 0 aromatic heterocycles. The molecule has 0 saturated carbocycles. The van der Waals surface area contributed by atoms with E-state index in [9.17, 15) is 9.59 Å². The number of nitrogens with two attached hydrogens (primary N) is 1. The first-order chi connectivity index (χ1) is 6.88.